The van der Waals surface area contributed by atoms with Crippen LogP contribution < -0.4 is 10.6 Å². The van der Waals surface area contributed by atoms with E-state index in [1.54, 1.807) is 0 Å². The number of aliphatic hydroxyl groups excluding tert-OH is 1. The number of carbonyl (C=O) groups excluding carboxylic acids is 3. The predicted octanol–water partition coefficient (Wildman–Crippen LogP) is 9.04. The van der Waals surface area contributed by atoms with Crippen LogP contribution in [0.1, 0.15) is 174 Å². The lowest BCUT2D eigenvalue weighted by molar-refractivity contribution is -0.147. The second-order valence-corrected chi connectivity index (χ2v) is 13.4. The first kappa shape index (κ1) is 47.1. The van der Waals surface area contributed by atoms with Gasteiger partial charge in [0.1, 0.15) is 12.1 Å². The Kier molecular flexibility index (Phi) is 33.8. The maximum atomic E-state index is 12.7. The van der Waals surface area contributed by atoms with Crippen molar-refractivity contribution >= 4 is 23.8 Å². The molecule has 0 spiro atoms. The van der Waals surface area contributed by atoms with Crippen molar-refractivity contribution in [3.8, 4) is 0 Å². The van der Waals surface area contributed by atoms with Crippen molar-refractivity contribution in [2.45, 2.75) is 187 Å². The minimum Gasteiger partial charge on any atom is -0.480 e. The number of ether oxygens (including phenoxy) is 1. The summed E-state index contributed by atoms with van der Waals surface area (Å²) in [5.41, 5.74) is 0. The number of aliphatic hydroxyl groups is 1. The first-order chi connectivity index (χ1) is 24.3. The lowest BCUT2D eigenvalue weighted by Gasteiger charge is -2.15. The number of esters is 1. The highest BCUT2D eigenvalue weighted by Gasteiger charge is 2.18. The van der Waals surface area contributed by atoms with Crippen LogP contribution in [0.15, 0.2) is 36.5 Å². The fourth-order valence-corrected chi connectivity index (χ4v) is 5.48. The van der Waals surface area contributed by atoms with E-state index in [1.165, 1.54) is 70.6 Å². The van der Waals surface area contributed by atoms with Crippen LogP contribution in [-0.2, 0) is 23.9 Å². The van der Waals surface area contributed by atoms with E-state index in [0.29, 0.717) is 12.8 Å². The van der Waals surface area contributed by atoms with E-state index in [4.69, 9.17) is 14.9 Å². The summed E-state index contributed by atoms with van der Waals surface area (Å²) in [4.78, 5) is 47.4. The van der Waals surface area contributed by atoms with Crippen LogP contribution in [0.3, 0.4) is 0 Å². The maximum absolute atomic E-state index is 12.7. The molecule has 2 amide bonds. The summed E-state index contributed by atoms with van der Waals surface area (Å²) >= 11 is 0. The number of aliphatic carboxylic acids is 1. The van der Waals surface area contributed by atoms with E-state index in [1.807, 2.05) is 0 Å². The standard InChI is InChI=1S/C41H72N2O7/c1-3-5-7-9-11-12-13-14-15-16-17-18-19-21-23-29-33-40(47)50-36(30-26-22-20-10-8-6-4-2)31-27-24-25-28-32-38(45)42-34-39(46)43-37(35-44)41(48)49/h12-13,15-16,26,30,36-37,44H,3-11,14,17-25,27-29,31-35H2,1-2H3,(H,42,45)(H,43,46)(H,48,49)/b13-12-,16-15-,30-26-. The highest BCUT2D eigenvalue weighted by atomic mass is 16.5. The summed E-state index contributed by atoms with van der Waals surface area (Å²) in [5, 5.41) is 22.5. The van der Waals surface area contributed by atoms with Crippen molar-refractivity contribution in [3.63, 3.8) is 0 Å². The normalized spacial score (nSPS) is 12.9. The average molecular weight is 705 g/mol. The molecule has 4 N–H and O–H groups in total. The van der Waals surface area contributed by atoms with Crippen LogP contribution >= 0.6 is 0 Å². The zero-order valence-electron chi connectivity index (χ0n) is 31.6. The van der Waals surface area contributed by atoms with Gasteiger partial charge < -0.3 is 25.6 Å². The maximum Gasteiger partial charge on any atom is 0.328 e. The number of carbonyl (C=O) groups is 4. The van der Waals surface area contributed by atoms with E-state index in [2.05, 4.69) is 60.9 Å². The fourth-order valence-electron chi connectivity index (χ4n) is 5.48. The molecule has 0 saturated heterocycles. The largest absolute Gasteiger partial charge is 0.480 e. The second kappa shape index (κ2) is 35.9. The summed E-state index contributed by atoms with van der Waals surface area (Å²) < 4.78 is 5.87. The lowest BCUT2D eigenvalue weighted by atomic mass is 10.1. The molecule has 2 unspecified atom stereocenters. The van der Waals surface area contributed by atoms with Gasteiger partial charge in [-0.05, 0) is 76.7 Å². The van der Waals surface area contributed by atoms with Gasteiger partial charge in [0.25, 0.3) is 0 Å². The Bertz CT molecular complexity index is 947. The molecule has 0 aliphatic carbocycles. The van der Waals surface area contributed by atoms with Crippen molar-refractivity contribution in [2.75, 3.05) is 13.2 Å². The summed E-state index contributed by atoms with van der Waals surface area (Å²) in [7, 11) is 0. The Morgan fingerprint density at radius 2 is 1.14 bits per heavy atom. The number of rotatable bonds is 35. The topological polar surface area (TPSA) is 142 Å². The van der Waals surface area contributed by atoms with Gasteiger partial charge in [0.2, 0.25) is 11.8 Å². The number of amides is 2. The quantitative estimate of drug-likeness (QED) is 0.0293. The third kappa shape index (κ3) is 32.3. The zero-order chi connectivity index (χ0) is 36.9. The van der Waals surface area contributed by atoms with Gasteiger partial charge in [-0.15, -0.1) is 0 Å². The molecule has 0 aliphatic rings. The van der Waals surface area contributed by atoms with E-state index >= 15 is 0 Å². The Balaban J connectivity index is 4.26. The lowest BCUT2D eigenvalue weighted by Crippen LogP contribution is -2.47. The van der Waals surface area contributed by atoms with Crippen molar-refractivity contribution in [2.24, 2.45) is 0 Å². The average Bonchev–Trinajstić information content (AvgIpc) is 3.10. The van der Waals surface area contributed by atoms with Crippen molar-refractivity contribution in [1.29, 1.82) is 0 Å². The Labute approximate surface area is 304 Å². The predicted molar refractivity (Wildman–Crippen MR) is 204 cm³/mol. The highest BCUT2D eigenvalue weighted by molar-refractivity contribution is 5.87. The molecule has 0 fully saturated rings. The van der Waals surface area contributed by atoms with E-state index < -0.39 is 24.5 Å². The molecule has 2 atom stereocenters. The number of nitrogens with one attached hydrogen (secondary N) is 2. The number of hydrogen-bond acceptors (Lipinski definition) is 6. The summed E-state index contributed by atoms with van der Waals surface area (Å²) in [6.45, 7) is 3.40. The third-order valence-corrected chi connectivity index (χ3v) is 8.59. The van der Waals surface area contributed by atoms with Gasteiger partial charge in [-0.1, -0.05) is 121 Å². The van der Waals surface area contributed by atoms with Gasteiger partial charge in [-0.2, -0.15) is 0 Å². The summed E-state index contributed by atoms with van der Waals surface area (Å²) in [6, 6.07) is -1.39. The number of carboxylic acid groups (broad SMARTS) is 1. The fraction of sp³-hybridized carbons (Fsp3) is 0.756. The molecule has 9 heteroatoms. The van der Waals surface area contributed by atoms with E-state index in [-0.39, 0.29) is 30.9 Å². The third-order valence-electron chi connectivity index (χ3n) is 8.59. The molecular formula is C41H72N2O7. The molecule has 0 aliphatic heterocycles. The monoisotopic (exact) mass is 705 g/mol. The summed E-state index contributed by atoms with van der Waals surface area (Å²) in [5.74, 6) is -2.42. The molecule has 0 bridgehead atoms. The molecule has 0 aromatic carbocycles. The molecule has 0 aromatic rings. The van der Waals surface area contributed by atoms with Crippen LogP contribution in [0, 0.1) is 0 Å². The highest BCUT2D eigenvalue weighted by Crippen LogP contribution is 2.15. The Morgan fingerprint density at radius 3 is 1.74 bits per heavy atom. The molecule has 0 aromatic heterocycles. The first-order valence-corrected chi connectivity index (χ1v) is 19.9. The van der Waals surface area contributed by atoms with Crippen LogP contribution in [-0.4, -0.2) is 59.3 Å². The van der Waals surface area contributed by atoms with E-state index in [0.717, 1.165) is 70.6 Å². The Morgan fingerprint density at radius 1 is 0.620 bits per heavy atom. The van der Waals surface area contributed by atoms with Gasteiger partial charge >= 0.3 is 11.9 Å². The summed E-state index contributed by atoms with van der Waals surface area (Å²) in [6.07, 6.45) is 39.0. The van der Waals surface area contributed by atoms with Crippen molar-refractivity contribution in [1.82, 2.24) is 10.6 Å². The molecule has 0 saturated carbocycles. The van der Waals surface area contributed by atoms with Gasteiger partial charge in [-0.25, -0.2) is 4.79 Å². The second-order valence-electron chi connectivity index (χ2n) is 13.4. The number of unbranched alkanes of at least 4 members (excludes halogenated alkanes) is 17. The van der Waals surface area contributed by atoms with Gasteiger partial charge in [0.15, 0.2) is 0 Å². The minimum absolute atomic E-state index is 0.127. The smallest absolute Gasteiger partial charge is 0.328 e. The number of carboxylic acids is 1. The van der Waals surface area contributed by atoms with Crippen LogP contribution in [0.25, 0.3) is 0 Å². The van der Waals surface area contributed by atoms with E-state index in [9.17, 15) is 19.2 Å². The van der Waals surface area contributed by atoms with Gasteiger partial charge in [-0.3, -0.25) is 14.4 Å². The van der Waals surface area contributed by atoms with Crippen molar-refractivity contribution in [3.05, 3.63) is 36.5 Å². The molecule has 288 valence electrons. The Hall–Kier alpha value is -2.94. The molecular weight excluding hydrogens is 632 g/mol. The molecule has 0 heterocycles. The number of hydrogen-bond donors (Lipinski definition) is 4. The first-order valence-electron chi connectivity index (χ1n) is 19.9. The zero-order valence-corrected chi connectivity index (χ0v) is 31.6. The molecule has 0 radical (unpaired) electrons. The van der Waals surface area contributed by atoms with Crippen LogP contribution in [0.4, 0.5) is 0 Å². The number of allylic oxidation sites excluding steroid dienone is 5. The van der Waals surface area contributed by atoms with Crippen LogP contribution in [0.5, 0.6) is 0 Å². The molecule has 50 heavy (non-hydrogen) atoms. The van der Waals surface area contributed by atoms with Gasteiger partial charge in [0, 0.05) is 12.8 Å². The molecule has 0 rings (SSSR count). The molecule has 9 nitrogen and oxygen atoms in total. The van der Waals surface area contributed by atoms with Gasteiger partial charge in [0.05, 0.1) is 13.2 Å². The minimum atomic E-state index is -1.39. The SMILES string of the molecule is CCCCCC/C=C\C/C=C\CCCCCCCC(=O)OC(/C=C\CCCCCCC)CCCCCCC(=O)NCC(=O)NC(CO)C(=O)O. The van der Waals surface area contributed by atoms with Crippen molar-refractivity contribution < 1.29 is 34.1 Å². The van der Waals surface area contributed by atoms with Crippen LogP contribution in [0.2, 0.25) is 0 Å².